The van der Waals surface area contributed by atoms with Gasteiger partial charge in [0.05, 0.1) is 6.61 Å². The minimum absolute atomic E-state index is 0.0465. The number of aliphatic hydroxyl groups is 3. The fourth-order valence-corrected chi connectivity index (χ4v) is 8.02. The van der Waals surface area contributed by atoms with Gasteiger partial charge >= 0.3 is 0 Å². The van der Waals surface area contributed by atoms with E-state index in [1.54, 1.807) is 0 Å². The molecule has 2 aliphatic heterocycles. The summed E-state index contributed by atoms with van der Waals surface area (Å²) in [5.41, 5.74) is -0.0465. The average molecular weight is 483 g/mol. The number of nitrogens with zero attached hydrogens (tertiary/aromatic N) is 1. The molecule has 8 nitrogen and oxygen atoms in total. The molecule has 0 aromatic carbocycles. The number of aliphatic hydroxyl groups excluding tert-OH is 3. The third-order valence-electron chi connectivity index (χ3n) is 8.41. The van der Waals surface area contributed by atoms with Gasteiger partial charge in [-0.05, 0) is 69.1 Å². The van der Waals surface area contributed by atoms with E-state index in [0.717, 1.165) is 75.0 Å². The van der Waals surface area contributed by atoms with Gasteiger partial charge in [-0.15, -0.1) is 0 Å². The van der Waals surface area contributed by atoms with Crippen molar-refractivity contribution in [1.29, 1.82) is 0 Å². The minimum Gasteiger partial charge on any atom is -0.462 e. The van der Waals surface area contributed by atoms with Crippen LogP contribution in [0, 0.1) is 23.2 Å². The lowest BCUT2D eigenvalue weighted by atomic mass is 9.49. The number of unbranched alkanes of at least 4 members (excludes halogenated alkanes) is 3. The Kier molecular flexibility index (Phi) is 7.24. The number of carbonyl (C=O) groups is 1. The van der Waals surface area contributed by atoms with Gasteiger partial charge in [0.1, 0.15) is 18.3 Å². The number of amides is 1. The summed E-state index contributed by atoms with van der Waals surface area (Å²) in [6.07, 6.45) is 7.07. The number of carbonyl (C=O) groups excluding carboxylic acids is 1. The van der Waals surface area contributed by atoms with Gasteiger partial charge in [0.2, 0.25) is 11.1 Å². The Morgan fingerprint density at radius 3 is 2.36 bits per heavy atom. The molecule has 6 rings (SSSR count). The lowest BCUT2D eigenvalue weighted by molar-refractivity contribution is -0.213. The van der Waals surface area contributed by atoms with Crippen LogP contribution in [0.4, 0.5) is 0 Å². The first-order valence-electron chi connectivity index (χ1n) is 12.8. The van der Waals surface area contributed by atoms with Gasteiger partial charge in [-0.1, -0.05) is 24.6 Å². The van der Waals surface area contributed by atoms with Gasteiger partial charge in [0.25, 0.3) is 0 Å². The quantitative estimate of drug-likeness (QED) is 0.370. The molecule has 1 amide bonds. The van der Waals surface area contributed by atoms with Crippen molar-refractivity contribution in [3.8, 4) is 0 Å². The molecule has 0 radical (unpaired) electrons. The van der Waals surface area contributed by atoms with Crippen LogP contribution < -0.4 is 5.32 Å². The summed E-state index contributed by atoms with van der Waals surface area (Å²) in [5.74, 6) is 3.57. The molecule has 5 atom stereocenters. The molecule has 4 saturated carbocycles. The molecule has 0 unspecified atom stereocenters. The van der Waals surface area contributed by atoms with Crippen molar-refractivity contribution in [3.63, 3.8) is 0 Å². The number of aliphatic imine (C=N–C) groups is 1. The van der Waals surface area contributed by atoms with Crippen LogP contribution in [0.5, 0.6) is 0 Å². The summed E-state index contributed by atoms with van der Waals surface area (Å²) in [4.78, 5) is 17.3. The molecule has 4 aliphatic carbocycles. The second kappa shape index (κ2) is 10.0. The number of hydrogen-bond donors (Lipinski definition) is 4. The molecule has 186 valence electrons. The molecule has 9 heteroatoms. The molecule has 4 bridgehead atoms. The fraction of sp³-hybridized carbons (Fsp3) is 0.917. The van der Waals surface area contributed by atoms with E-state index in [-0.39, 0.29) is 12.0 Å². The molecule has 0 aromatic heterocycles. The highest BCUT2D eigenvalue weighted by molar-refractivity contribution is 8.13. The van der Waals surface area contributed by atoms with Gasteiger partial charge in [0.15, 0.2) is 12.3 Å². The maximum atomic E-state index is 13.0. The van der Waals surface area contributed by atoms with Gasteiger partial charge in [-0.3, -0.25) is 4.79 Å². The highest BCUT2D eigenvalue weighted by Crippen LogP contribution is 2.60. The zero-order valence-corrected chi connectivity index (χ0v) is 20.0. The predicted molar refractivity (Wildman–Crippen MR) is 125 cm³/mol. The Hall–Kier alpha value is -0.870. The first kappa shape index (κ1) is 23.9. The molecule has 2 heterocycles. The Morgan fingerprint density at radius 2 is 1.70 bits per heavy atom. The Balaban J connectivity index is 0.946. The average Bonchev–Trinajstić information content (AvgIpc) is 3.20. The van der Waals surface area contributed by atoms with E-state index in [4.69, 9.17) is 9.47 Å². The van der Waals surface area contributed by atoms with Crippen molar-refractivity contribution < 1.29 is 29.6 Å². The lowest BCUT2D eigenvalue weighted by Gasteiger charge is -2.55. The molecule has 1 saturated heterocycles. The van der Waals surface area contributed by atoms with Gasteiger partial charge in [0, 0.05) is 17.7 Å². The topological polar surface area (TPSA) is 121 Å². The van der Waals surface area contributed by atoms with Crippen LogP contribution in [-0.4, -0.2) is 76.0 Å². The Bertz CT molecular complexity index is 713. The molecule has 0 aromatic rings. The van der Waals surface area contributed by atoms with Crippen molar-refractivity contribution in [2.75, 3.05) is 18.9 Å². The summed E-state index contributed by atoms with van der Waals surface area (Å²) in [5, 5.41) is 33.1. The molecular weight excluding hydrogens is 444 g/mol. The van der Waals surface area contributed by atoms with E-state index in [1.807, 2.05) is 0 Å². The number of thioether (sulfide) groups is 1. The van der Waals surface area contributed by atoms with Gasteiger partial charge in [-0.2, -0.15) is 0 Å². The van der Waals surface area contributed by atoms with Crippen LogP contribution in [0.3, 0.4) is 0 Å². The van der Waals surface area contributed by atoms with Crippen LogP contribution in [-0.2, 0) is 14.3 Å². The maximum absolute atomic E-state index is 13.0. The smallest absolute Gasteiger partial charge is 0.249 e. The van der Waals surface area contributed by atoms with Crippen molar-refractivity contribution in [3.05, 3.63) is 0 Å². The van der Waals surface area contributed by atoms with Gasteiger partial charge in [-0.25, -0.2) is 4.99 Å². The molecular formula is C24H38N2O6S. The summed E-state index contributed by atoms with van der Waals surface area (Å²) in [6.45, 7) is 0.402. The number of hydrogen-bond acceptors (Lipinski definition) is 8. The number of nitrogens with one attached hydrogen (secondary N) is 1. The number of ether oxygens (including phenoxy) is 2. The molecule has 4 N–H and O–H groups in total. The number of fused-ring (bicyclic) bond motifs is 1. The summed E-state index contributed by atoms with van der Waals surface area (Å²) in [6, 6.07) is 0. The summed E-state index contributed by atoms with van der Waals surface area (Å²) < 4.78 is 11.2. The van der Waals surface area contributed by atoms with Crippen LogP contribution in [0.2, 0.25) is 0 Å². The summed E-state index contributed by atoms with van der Waals surface area (Å²) in [7, 11) is 0. The zero-order valence-electron chi connectivity index (χ0n) is 19.2. The standard InChI is InChI=1S/C24H38N2O6S/c27-13-17-18(28)19(29)20-21(31-17)26-23(32-20)33-6-4-2-1-3-5-25-22(30)24-10-14-7-15(11-24)9-16(8-14)12-24/h14-21,27-29H,1-13H2,(H,25,30)/t14?,15?,16?,17-,18-,19+,20-,21+,24?/m1/s1. The van der Waals surface area contributed by atoms with Crippen molar-refractivity contribution >= 4 is 22.9 Å². The van der Waals surface area contributed by atoms with Crippen molar-refractivity contribution in [2.45, 2.75) is 94.9 Å². The summed E-state index contributed by atoms with van der Waals surface area (Å²) >= 11 is 1.49. The van der Waals surface area contributed by atoms with Crippen molar-refractivity contribution in [1.82, 2.24) is 5.32 Å². The van der Waals surface area contributed by atoms with E-state index in [0.29, 0.717) is 11.1 Å². The highest BCUT2D eigenvalue weighted by Gasteiger charge is 2.54. The Morgan fingerprint density at radius 1 is 1.03 bits per heavy atom. The van der Waals surface area contributed by atoms with Crippen molar-refractivity contribution in [2.24, 2.45) is 28.2 Å². The first-order valence-corrected chi connectivity index (χ1v) is 13.7. The van der Waals surface area contributed by atoms with E-state index in [1.165, 1.54) is 31.0 Å². The first-order chi connectivity index (χ1) is 16.0. The predicted octanol–water partition coefficient (Wildman–Crippen LogP) is 1.81. The Labute approximate surface area is 199 Å². The second-order valence-corrected chi connectivity index (χ2v) is 12.0. The van der Waals surface area contributed by atoms with Crippen LogP contribution in [0.15, 0.2) is 4.99 Å². The normalized spacial score (nSPS) is 43.2. The van der Waals surface area contributed by atoms with E-state index < -0.39 is 30.6 Å². The van der Waals surface area contributed by atoms with Crippen LogP contribution in [0.1, 0.15) is 64.2 Å². The molecule has 33 heavy (non-hydrogen) atoms. The molecule has 6 aliphatic rings. The monoisotopic (exact) mass is 482 g/mol. The molecule has 5 fully saturated rings. The minimum atomic E-state index is -1.18. The van der Waals surface area contributed by atoms with Crippen LogP contribution >= 0.6 is 11.8 Å². The van der Waals surface area contributed by atoms with Gasteiger partial charge < -0.3 is 30.1 Å². The molecule has 0 spiro atoms. The number of rotatable bonds is 9. The SMILES string of the molecule is O=C(NCCCCCCSC1=N[C@H]2O[C@H](CO)[C@@H](O)[C@H](O)[C@H]2O1)C12CC3CC(CC(C3)C1)C2. The third kappa shape index (κ3) is 4.94. The highest BCUT2D eigenvalue weighted by atomic mass is 32.2. The lowest BCUT2D eigenvalue weighted by Crippen LogP contribution is -2.57. The second-order valence-electron chi connectivity index (χ2n) is 10.9. The van der Waals surface area contributed by atoms with Crippen LogP contribution in [0.25, 0.3) is 0 Å². The largest absolute Gasteiger partial charge is 0.462 e. The third-order valence-corrected chi connectivity index (χ3v) is 9.36. The zero-order chi connectivity index (χ0) is 23.0. The van der Waals surface area contributed by atoms with E-state index in [9.17, 15) is 20.1 Å². The van der Waals surface area contributed by atoms with E-state index >= 15 is 0 Å². The van der Waals surface area contributed by atoms with E-state index in [2.05, 4.69) is 10.3 Å². The fourth-order valence-electron chi connectivity index (χ4n) is 7.14. The maximum Gasteiger partial charge on any atom is 0.249 e.